The van der Waals surface area contributed by atoms with Crippen LogP contribution in [-0.2, 0) is 4.79 Å². The first-order chi connectivity index (χ1) is 11.1. The summed E-state index contributed by atoms with van der Waals surface area (Å²) in [6, 6.07) is 13.6. The largest absolute Gasteiger partial charge is 0.344 e. The number of aromatic nitrogens is 1. The van der Waals surface area contributed by atoms with Crippen LogP contribution in [0, 0.1) is 11.3 Å². The summed E-state index contributed by atoms with van der Waals surface area (Å²) in [6.07, 6.45) is 1.47. The number of anilines is 1. The molecule has 2 amide bonds. The maximum absolute atomic E-state index is 12.2. The van der Waals surface area contributed by atoms with Crippen molar-refractivity contribution in [2.24, 2.45) is 0 Å². The Morgan fingerprint density at radius 2 is 1.96 bits per heavy atom. The van der Waals surface area contributed by atoms with Gasteiger partial charge >= 0.3 is 0 Å². The lowest BCUT2D eigenvalue weighted by Crippen LogP contribution is -2.27. The second kappa shape index (κ2) is 7.71. The monoisotopic (exact) mass is 308 g/mol. The van der Waals surface area contributed by atoms with Crippen LogP contribution in [0.1, 0.15) is 35.4 Å². The van der Waals surface area contributed by atoms with Gasteiger partial charge in [-0.3, -0.25) is 14.6 Å². The third-order valence-corrected chi connectivity index (χ3v) is 3.15. The summed E-state index contributed by atoms with van der Waals surface area (Å²) in [6.45, 7) is 1.86. The number of nitrogens with one attached hydrogen (secondary N) is 2. The van der Waals surface area contributed by atoms with Crippen molar-refractivity contribution < 1.29 is 9.59 Å². The van der Waals surface area contributed by atoms with Gasteiger partial charge in [-0.2, -0.15) is 5.26 Å². The van der Waals surface area contributed by atoms with E-state index in [2.05, 4.69) is 15.6 Å². The molecule has 2 aromatic rings. The first-order valence-corrected chi connectivity index (χ1v) is 7.09. The lowest BCUT2D eigenvalue weighted by molar-refractivity contribution is -0.115. The number of carbonyl (C=O) groups excluding carboxylic acids is 2. The summed E-state index contributed by atoms with van der Waals surface area (Å²) in [5.41, 5.74) is 1.80. The van der Waals surface area contributed by atoms with Gasteiger partial charge in [-0.1, -0.05) is 6.07 Å². The predicted octanol–water partition coefficient (Wildman–Crippen LogP) is 2.42. The highest BCUT2D eigenvalue weighted by molar-refractivity contribution is 5.96. The van der Waals surface area contributed by atoms with Crippen molar-refractivity contribution in [2.75, 3.05) is 5.32 Å². The fourth-order valence-corrected chi connectivity index (χ4v) is 1.97. The molecule has 0 saturated carbocycles. The van der Waals surface area contributed by atoms with E-state index in [1.807, 2.05) is 25.1 Å². The number of nitriles is 1. The first kappa shape index (κ1) is 16.2. The summed E-state index contributed by atoms with van der Waals surface area (Å²) in [4.78, 5) is 27.7. The molecule has 1 unspecified atom stereocenters. The number of hydrogen-bond acceptors (Lipinski definition) is 4. The van der Waals surface area contributed by atoms with Gasteiger partial charge < -0.3 is 10.6 Å². The topological polar surface area (TPSA) is 94.9 Å². The number of nitrogens with zero attached hydrogens (tertiary/aromatic N) is 2. The average Bonchev–Trinajstić information content (AvgIpc) is 2.56. The van der Waals surface area contributed by atoms with Crippen molar-refractivity contribution in [3.8, 4) is 6.07 Å². The van der Waals surface area contributed by atoms with Gasteiger partial charge in [0.15, 0.2) is 0 Å². The van der Waals surface area contributed by atoms with Crippen molar-refractivity contribution in [3.05, 3.63) is 59.9 Å². The Morgan fingerprint density at radius 3 is 2.57 bits per heavy atom. The van der Waals surface area contributed by atoms with Crippen LogP contribution >= 0.6 is 0 Å². The van der Waals surface area contributed by atoms with Crippen LogP contribution in [0.4, 0.5) is 5.69 Å². The Balaban J connectivity index is 1.98. The molecule has 6 nitrogen and oxygen atoms in total. The molecule has 6 heteroatoms. The Labute approximate surface area is 134 Å². The molecular formula is C17H16N4O2. The smallest absolute Gasteiger partial charge is 0.251 e. The molecule has 0 aliphatic heterocycles. The average molecular weight is 308 g/mol. The predicted molar refractivity (Wildman–Crippen MR) is 85.4 cm³/mol. The zero-order chi connectivity index (χ0) is 16.7. The highest BCUT2D eigenvalue weighted by Crippen LogP contribution is 2.13. The number of carbonyl (C=O) groups is 2. The van der Waals surface area contributed by atoms with E-state index in [1.165, 1.54) is 0 Å². The minimum atomic E-state index is -0.381. The summed E-state index contributed by atoms with van der Waals surface area (Å²) in [5, 5.41) is 13.9. The van der Waals surface area contributed by atoms with Crippen molar-refractivity contribution in [1.29, 1.82) is 5.26 Å². The number of hydrogen-bond donors (Lipinski definition) is 2. The molecule has 2 N–H and O–H groups in total. The van der Waals surface area contributed by atoms with Crippen LogP contribution in [-0.4, -0.2) is 16.8 Å². The van der Waals surface area contributed by atoms with Crippen molar-refractivity contribution >= 4 is 17.5 Å². The van der Waals surface area contributed by atoms with Crippen molar-refractivity contribution in [2.45, 2.75) is 19.4 Å². The van der Waals surface area contributed by atoms with E-state index in [0.29, 0.717) is 11.3 Å². The molecule has 1 aromatic heterocycles. The van der Waals surface area contributed by atoms with Gasteiger partial charge in [0.2, 0.25) is 5.91 Å². The van der Waals surface area contributed by atoms with Gasteiger partial charge in [0, 0.05) is 17.4 Å². The third kappa shape index (κ3) is 4.64. The summed E-state index contributed by atoms with van der Waals surface area (Å²) in [7, 11) is 0. The van der Waals surface area contributed by atoms with E-state index in [-0.39, 0.29) is 24.3 Å². The van der Waals surface area contributed by atoms with Crippen LogP contribution in [0.15, 0.2) is 48.7 Å². The van der Waals surface area contributed by atoms with Crippen LogP contribution in [0.25, 0.3) is 0 Å². The van der Waals surface area contributed by atoms with Crippen LogP contribution < -0.4 is 10.6 Å². The zero-order valence-electron chi connectivity index (χ0n) is 12.6. The molecule has 116 valence electrons. The molecule has 1 atom stereocenters. The maximum Gasteiger partial charge on any atom is 0.251 e. The summed E-state index contributed by atoms with van der Waals surface area (Å²) < 4.78 is 0. The molecule has 2 rings (SSSR count). The Bertz CT molecular complexity index is 721. The molecule has 0 bridgehead atoms. The van der Waals surface area contributed by atoms with Gasteiger partial charge in [-0.05, 0) is 43.3 Å². The molecule has 0 aliphatic rings. The minimum Gasteiger partial charge on any atom is -0.344 e. The van der Waals surface area contributed by atoms with Gasteiger partial charge in [-0.15, -0.1) is 0 Å². The lowest BCUT2D eigenvalue weighted by atomic mass is 10.1. The number of rotatable bonds is 5. The van der Waals surface area contributed by atoms with Gasteiger partial charge in [0.05, 0.1) is 17.8 Å². The summed E-state index contributed by atoms with van der Waals surface area (Å²) in [5.74, 6) is -0.605. The number of pyridine rings is 1. The quantitative estimate of drug-likeness (QED) is 0.886. The van der Waals surface area contributed by atoms with E-state index in [4.69, 9.17) is 5.26 Å². The third-order valence-electron chi connectivity index (χ3n) is 3.15. The highest BCUT2D eigenvalue weighted by Gasteiger charge is 2.12. The number of benzene rings is 1. The Morgan fingerprint density at radius 1 is 1.22 bits per heavy atom. The van der Waals surface area contributed by atoms with Gasteiger partial charge in [0.25, 0.3) is 5.91 Å². The zero-order valence-corrected chi connectivity index (χ0v) is 12.6. The number of amides is 2. The molecule has 1 aromatic carbocycles. The molecule has 1 heterocycles. The molecular weight excluding hydrogens is 292 g/mol. The second-order valence-corrected chi connectivity index (χ2v) is 4.91. The second-order valence-electron chi connectivity index (χ2n) is 4.91. The van der Waals surface area contributed by atoms with Crippen molar-refractivity contribution in [1.82, 2.24) is 10.3 Å². The fraction of sp³-hybridized carbons (Fsp3) is 0.176. The fourth-order valence-electron chi connectivity index (χ4n) is 1.97. The standard InChI is InChI=1S/C17H16N4O2/c1-12(15-4-2-3-11-19-15)20-17(23)13-5-7-14(8-6-13)21-16(22)9-10-18/h2-8,11-12H,9H2,1H3,(H,20,23)(H,21,22). The minimum absolute atomic E-state index is 0.205. The van der Waals surface area contributed by atoms with E-state index in [1.54, 1.807) is 36.5 Å². The Hall–Kier alpha value is -3.20. The van der Waals surface area contributed by atoms with E-state index in [9.17, 15) is 9.59 Å². The molecule has 0 radical (unpaired) electrons. The van der Waals surface area contributed by atoms with Gasteiger partial charge in [0.1, 0.15) is 6.42 Å². The van der Waals surface area contributed by atoms with Crippen LogP contribution in [0.3, 0.4) is 0 Å². The van der Waals surface area contributed by atoms with Crippen LogP contribution in [0.2, 0.25) is 0 Å². The van der Waals surface area contributed by atoms with Crippen molar-refractivity contribution in [3.63, 3.8) is 0 Å². The lowest BCUT2D eigenvalue weighted by Gasteiger charge is -2.13. The van der Waals surface area contributed by atoms with E-state index >= 15 is 0 Å². The Kier molecular flexibility index (Phi) is 5.42. The SMILES string of the molecule is CC(NC(=O)c1ccc(NC(=O)CC#N)cc1)c1ccccn1. The molecule has 23 heavy (non-hydrogen) atoms. The first-order valence-electron chi connectivity index (χ1n) is 7.09. The summed E-state index contributed by atoms with van der Waals surface area (Å²) >= 11 is 0. The highest BCUT2D eigenvalue weighted by atomic mass is 16.2. The maximum atomic E-state index is 12.2. The van der Waals surface area contributed by atoms with Crippen LogP contribution in [0.5, 0.6) is 0 Å². The van der Waals surface area contributed by atoms with E-state index in [0.717, 1.165) is 5.69 Å². The molecule has 0 saturated heterocycles. The van der Waals surface area contributed by atoms with Gasteiger partial charge in [-0.25, -0.2) is 0 Å². The molecule has 0 spiro atoms. The molecule has 0 aliphatic carbocycles. The van der Waals surface area contributed by atoms with E-state index < -0.39 is 0 Å². The normalized spacial score (nSPS) is 11.1. The molecule has 0 fully saturated rings.